The van der Waals surface area contributed by atoms with E-state index in [0.717, 1.165) is 18.4 Å². The van der Waals surface area contributed by atoms with Gasteiger partial charge in [-0.2, -0.15) is 0 Å². The van der Waals surface area contributed by atoms with Crippen LogP contribution in [0.1, 0.15) is 66.4 Å². The highest BCUT2D eigenvalue weighted by Gasteiger charge is 2.33. The van der Waals surface area contributed by atoms with Crippen LogP contribution in [0.5, 0.6) is 11.5 Å². The molecule has 0 radical (unpaired) electrons. The molecular formula is C32H57N3O6. The summed E-state index contributed by atoms with van der Waals surface area (Å²) in [5.41, 5.74) is 7.68. The maximum absolute atomic E-state index is 13.3. The summed E-state index contributed by atoms with van der Waals surface area (Å²) in [6.07, 6.45) is 1.54. The summed E-state index contributed by atoms with van der Waals surface area (Å²) in [5, 5.41) is 14.1. The van der Waals surface area contributed by atoms with Crippen LogP contribution in [0.3, 0.4) is 0 Å². The van der Waals surface area contributed by atoms with Gasteiger partial charge in [0.15, 0.2) is 11.5 Å². The standard InChI is InChI=1S/C32H57N3O6/c1-20(2)24(16-23-12-13-28(40-10)29(17-23)41-15-11-14-39-9)18-26(33)27(36)19-25(21(3)4)31(37)34-30(22(5)6)32(38)35(7)8/h12-13,17,20-22,24-27,30,36H,11,14-16,18-19,33H2,1-10H3,(H,34,37)/t24-,25-,26-,27-,30-/m0/s1. The zero-order valence-corrected chi connectivity index (χ0v) is 27.1. The first kappa shape index (κ1) is 36.7. The number of carbonyl (C=O) groups excluding carboxylic acids is 2. The lowest BCUT2D eigenvalue weighted by atomic mass is 9.80. The van der Waals surface area contributed by atoms with Gasteiger partial charge in [0.1, 0.15) is 6.04 Å². The van der Waals surface area contributed by atoms with Gasteiger partial charge in [-0.25, -0.2) is 0 Å². The third kappa shape index (κ3) is 12.2. The molecule has 0 unspecified atom stereocenters. The minimum Gasteiger partial charge on any atom is -0.493 e. The number of rotatable bonds is 19. The van der Waals surface area contributed by atoms with Crippen LogP contribution in [-0.4, -0.2) is 81.5 Å². The van der Waals surface area contributed by atoms with Gasteiger partial charge in [0.05, 0.1) is 19.8 Å². The van der Waals surface area contributed by atoms with Crippen molar-refractivity contribution in [1.82, 2.24) is 10.2 Å². The van der Waals surface area contributed by atoms with Crippen molar-refractivity contribution in [3.05, 3.63) is 23.8 Å². The summed E-state index contributed by atoms with van der Waals surface area (Å²) < 4.78 is 16.5. The van der Waals surface area contributed by atoms with E-state index >= 15 is 0 Å². The molecule has 0 aliphatic rings. The molecule has 0 aliphatic carbocycles. The molecule has 0 heterocycles. The Balaban J connectivity index is 2.94. The second kappa shape index (κ2) is 18.2. The summed E-state index contributed by atoms with van der Waals surface area (Å²) >= 11 is 0. The van der Waals surface area contributed by atoms with Crippen LogP contribution in [0.2, 0.25) is 0 Å². The van der Waals surface area contributed by atoms with E-state index in [2.05, 4.69) is 19.2 Å². The first-order valence-corrected chi connectivity index (χ1v) is 15.0. The van der Waals surface area contributed by atoms with Crippen LogP contribution in [0.15, 0.2) is 18.2 Å². The summed E-state index contributed by atoms with van der Waals surface area (Å²) in [4.78, 5) is 27.4. The van der Waals surface area contributed by atoms with Crippen molar-refractivity contribution in [3.8, 4) is 11.5 Å². The predicted octanol–water partition coefficient (Wildman–Crippen LogP) is 3.89. The molecule has 9 nitrogen and oxygen atoms in total. The quantitative estimate of drug-likeness (QED) is 0.213. The molecule has 0 bridgehead atoms. The third-order valence-corrected chi connectivity index (χ3v) is 7.80. The molecule has 4 N–H and O–H groups in total. The molecule has 0 spiro atoms. The second-order valence-electron chi connectivity index (χ2n) is 12.4. The van der Waals surface area contributed by atoms with Crippen LogP contribution in [0.25, 0.3) is 0 Å². The van der Waals surface area contributed by atoms with Gasteiger partial charge in [0.2, 0.25) is 11.8 Å². The Morgan fingerprint density at radius 1 is 0.951 bits per heavy atom. The van der Waals surface area contributed by atoms with Gasteiger partial charge in [0, 0.05) is 46.2 Å². The highest BCUT2D eigenvalue weighted by atomic mass is 16.5. The van der Waals surface area contributed by atoms with Crippen molar-refractivity contribution in [2.45, 2.75) is 85.4 Å². The molecule has 1 rings (SSSR count). The van der Waals surface area contributed by atoms with Gasteiger partial charge in [-0.15, -0.1) is 0 Å². The minimum absolute atomic E-state index is 0.0263. The van der Waals surface area contributed by atoms with Crippen LogP contribution in [0.4, 0.5) is 0 Å². The highest BCUT2D eigenvalue weighted by molar-refractivity contribution is 5.88. The van der Waals surface area contributed by atoms with Crippen molar-refractivity contribution in [3.63, 3.8) is 0 Å². The Morgan fingerprint density at radius 2 is 1.61 bits per heavy atom. The molecule has 0 aromatic heterocycles. The number of hydrogen-bond donors (Lipinski definition) is 3. The summed E-state index contributed by atoms with van der Waals surface area (Å²) in [6, 6.07) is 4.86. The van der Waals surface area contributed by atoms with Crippen LogP contribution < -0.4 is 20.5 Å². The van der Waals surface area contributed by atoms with E-state index in [9.17, 15) is 14.7 Å². The van der Waals surface area contributed by atoms with E-state index < -0.39 is 24.1 Å². The maximum Gasteiger partial charge on any atom is 0.244 e. The van der Waals surface area contributed by atoms with E-state index in [1.165, 1.54) is 4.90 Å². The predicted molar refractivity (Wildman–Crippen MR) is 164 cm³/mol. The molecule has 0 saturated carbocycles. The molecule has 0 aliphatic heterocycles. The molecule has 0 saturated heterocycles. The highest BCUT2D eigenvalue weighted by Crippen LogP contribution is 2.32. The van der Waals surface area contributed by atoms with Crippen molar-refractivity contribution >= 4 is 11.8 Å². The number of likely N-dealkylation sites (N-methyl/N-ethyl adjacent to an activating group) is 1. The molecule has 41 heavy (non-hydrogen) atoms. The summed E-state index contributed by atoms with van der Waals surface area (Å²) in [6.45, 7) is 13.2. The van der Waals surface area contributed by atoms with Gasteiger partial charge in [0.25, 0.3) is 0 Å². The van der Waals surface area contributed by atoms with Crippen LogP contribution in [0, 0.1) is 29.6 Å². The number of methoxy groups -OCH3 is 2. The molecule has 236 valence electrons. The number of nitrogens with zero attached hydrogens (tertiary/aromatic N) is 1. The first-order chi connectivity index (χ1) is 19.2. The van der Waals surface area contributed by atoms with Gasteiger partial charge < -0.3 is 35.3 Å². The SMILES string of the molecule is COCCCOc1cc(C[C@@H](C[C@H](N)[C@@H](O)C[C@H](C(=O)N[C@H](C(=O)N(C)C)C(C)C)C(C)C)C(C)C)ccc1OC. The number of carbonyl (C=O) groups is 2. The Labute approximate surface area is 248 Å². The molecule has 2 amide bonds. The fourth-order valence-corrected chi connectivity index (χ4v) is 4.92. The smallest absolute Gasteiger partial charge is 0.244 e. The van der Waals surface area contributed by atoms with Gasteiger partial charge in [-0.1, -0.05) is 47.6 Å². The zero-order chi connectivity index (χ0) is 31.3. The lowest BCUT2D eigenvalue weighted by molar-refractivity contribution is -0.137. The topological polar surface area (TPSA) is 123 Å². The normalized spacial score (nSPS) is 15.4. The maximum atomic E-state index is 13.3. The molecule has 5 atom stereocenters. The van der Waals surface area contributed by atoms with Gasteiger partial charge in [-0.05, 0) is 60.6 Å². The lowest BCUT2D eigenvalue weighted by Gasteiger charge is -2.31. The van der Waals surface area contributed by atoms with Crippen molar-refractivity contribution in [2.75, 3.05) is 41.5 Å². The van der Waals surface area contributed by atoms with E-state index in [4.69, 9.17) is 19.9 Å². The van der Waals surface area contributed by atoms with Crippen molar-refractivity contribution in [2.24, 2.45) is 35.3 Å². The average molecular weight is 580 g/mol. The lowest BCUT2D eigenvalue weighted by Crippen LogP contribution is -2.52. The second-order valence-corrected chi connectivity index (χ2v) is 12.4. The average Bonchev–Trinajstić information content (AvgIpc) is 2.91. The monoisotopic (exact) mass is 579 g/mol. The molecule has 1 aromatic rings. The number of ether oxygens (including phenoxy) is 3. The minimum atomic E-state index is -0.855. The molecular weight excluding hydrogens is 522 g/mol. The number of aliphatic hydroxyl groups is 1. The Morgan fingerprint density at radius 3 is 2.12 bits per heavy atom. The van der Waals surface area contributed by atoms with E-state index in [0.29, 0.717) is 37.1 Å². The van der Waals surface area contributed by atoms with Gasteiger partial charge >= 0.3 is 0 Å². The van der Waals surface area contributed by atoms with Crippen molar-refractivity contribution < 1.29 is 28.9 Å². The van der Waals surface area contributed by atoms with E-state index in [1.807, 2.05) is 45.9 Å². The van der Waals surface area contributed by atoms with Crippen LogP contribution in [-0.2, 0) is 20.7 Å². The zero-order valence-electron chi connectivity index (χ0n) is 27.1. The summed E-state index contributed by atoms with van der Waals surface area (Å²) in [5.74, 6) is 1.00. The Hall–Kier alpha value is -2.36. The Kier molecular flexibility index (Phi) is 16.3. The largest absolute Gasteiger partial charge is 0.493 e. The number of aliphatic hydroxyl groups excluding tert-OH is 1. The van der Waals surface area contributed by atoms with E-state index in [-0.39, 0.29) is 36.0 Å². The fourth-order valence-electron chi connectivity index (χ4n) is 4.92. The molecule has 9 heteroatoms. The number of nitrogens with one attached hydrogen (secondary N) is 1. The molecule has 0 fully saturated rings. The number of benzene rings is 1. The number of nitrogens with two attached hydrogens (primary N) is 1. The fraction of sp³-hybridized carbons (Fsp3) is 0.750. The number of hydrogen-bond acceptors (Lipinski definition) is 7. The first-order valence-electron chi connectivity index (χ1n) is 15.0. The third-order valence-electron chi connectivity index (χ3n) is 7.80. The van der Waals surface area contributed by atoms with E-state index in [1.54, 1.807) is 28.3 Å². The molecule has 1 aromatic carbocycles. The van der Waals surface area contributed by atoms with Crippen molar-refractivity contribution in [1.29, 1.82) is 0 Å². The summed E-state index contributed by atoms with van der Waals surface area (Å²) in [7, 11) is 6.66. The Bertz CT molecular complexity index is 921. The van der Waals surface area contributed by atoms with Crippen LogP contribution >= 0.6 is 0 Å². The number of amides is 2. The van der Waals surface area contributed by atoms with Gasteiger partial charge in [-0.3, -0.25) is 9.59 Å².